The Morgan fingerprint density at radius 1 is 0.500 bits per heavy atom. The Labute approximate surface area is 377 Å². The number of carboxylic acids is 1. The van der Waals surface area contributed by atoms with Gasteiger partial charge in [-0.15, -0.1) is 0 Å². The Kier molecular flexibility index (Phi) is 32.3. The van der Waals surface area contributed by atoms with Crippen LogP contribution >= 0.6 is 58.8 Å². The zero-order valence-corrected chi connectivity index (χ0v) is 40.1. The Hall–Kier alpha value is -2.73. The van der Waals surface area contributed by atoms with Gasteiger partial charge in [0.25, 0.3) is 0 Å². The van der Waals surface area contributed by atoms with Gasteiger partial charge in [0.1, 0.15) is 36.3 Å². The molecule has 18 nitrogen and oxygen atoms in total. The van der Waals surface area contributed by atoms with Crippen molar-refractivity contribution < 1.29 is 38.7 Å². The van der Waals surface area contributed by atoms with Crippen molar-refractivity contribution in [3.8, 4) is 0 Å². The molecule has 6 amide bonds. The molecule has 0 radical (unpaired) electrons. The zero-order valence-electron chi connectivity index (χ0n) is 36.0. The minimum absolute atomic E-state index is 0.0439. The molecule has 13 N–H and O–H groups in total. The molecule has 0 aliphatic heterocycles. The van der Waals surface area contributed by atoms with Crippen molar-refractivity contribution in [1.82, 2.24) is 31.9 Å². The fourth-order valence-corrected chi connectivity index (χ4v) is 7.87. The van der Waals surface area contributed by atoms with E-state index in [2.05, 4.69) is 36.9 Å². The van der Waals surface area contributed by atoms with Crippen LogP contribution in [-0.4, -0.2) is 161 Å². The standard InChI is InChI=1S/C37H70N10O8S5/c1-22(2)21-29(36(54)55)47-31(49)24(9-8-15-41-37(39)40)43-33(51)26(12-18-58-5)45-35(53)28(14-20-60-7)46-34(52)27(13-19-59-6)44-32(50)25(11-17-57-4)42-30(48)23(38)10-16-56-3/h22-29H,8-21,38H2,1-7H3,(H,42,48)(H,43,51)(H,44,50)(H,45,53)(H,46,52)(H,47,49)(H,54,55)(H4,39,40,41)/t23-,24-,25-,26-,27-,28-,29-/m0/s1. The van der Waals surface area contributed by atoms with Crippen molar-refractivity contribution in [2.24, 2.45) is 28.1 Å². The zero-order chi connectivity index (χ0) is 45.6. The number of aliphatic imine (C=N–C) groups is 1. The minimum Gasteiger partial charge on any atom is -0.480 e. The summed E-state index contributed by atoms with van der Waals surface area (Å²) in [4.78, 5) is 97.6. The Morgan fingerprint density at radius 3 is 1.10 bits per heavy atom. The molecule has 0 aromatic carbocycles. The highest BCUT2D eigenvalue weighted by Gasteiger charge is 2.33. The fourth-order valence-electron chi connectivity index (χ4n) is 5.50. The van der Waals surface area contributed by atoms with Gasteiger partial charge in [-0.2, -0.15) is 58.8 Å². The molecule has 0 fully saturated rings. The fraction of sp³-hybridized carbons (Fsp3) is 0.784. The molecule has 0 spiro atoms. The molecule has 0 aliphatic rings. The Balaban J connectivity index is 6.36. The van der Waals surface area contributed by atoms with E-state index in [1.807, 2.05) is 45.1 Å². The van der Waals surface area contributed by atoms with Crippen molar-refractivity contribution in [2.75, 3.05) is 66.6 Å². The Bertz CT molecular complexity index is 1370. The van der Waals surface area contributed by atoms with Gasteiger partial charge in [0.15, 0.2) is 5.96 Å². The van der Waals surface area contributed by atoms with Crippen LogP contribution in [-0.2, 0) is 33.6 Å². The summed E-state index contributed by atoms with van der Waals surface area (Å²) in [5.41, 5.74) is 17.0. The molecule has 346 valence electrons. The SMILES string of the molecule is CSCC[C@H](NC(=O)[C@H](CCSC)NC(=O)[C@H](CCSC)NC(=O)[C@H](CCSC)NC(=O)[C@@H](N)CCSC)C(=O)N[C@@H](CCCN=C(N)N)C(=O)N[C@@H](CC(C)C)C(=O)O. The number of thioether (sulfide) groups is 5. The number of nitrogens with zero attached hydrogens (tertiary/aromatic N) is 1. The molecule has 0 bridgehead atoms. The summed E-state index contributed by atoms with van der Waals surface area (Å²) in [6, 6.07) is -7.40. The summed E-state index contributed by atoms with van der Waals surface area (Å²) < 4.78 is 0. The number of amides is 6. The molecule has 0 saturated heterocycles. The average molecular weight is 943 g/mol. The number of aliphatic carboxylic acids is 1. The summed E-state index contributed by atoms with van der Waals surface area (Å²) in [5, 5.41) is 26.1. The van der Waals surface area contributed by atoms with E-state index < -0.39 is 83.7 Å². The summed E-state index contributed by atoms with van der Waals surface area (Å²) in [6.45, 7) is 3.79. The Morgan fingerprint density at radius 2 is 0.800 bits per heavy atom. The predicted molar refractivity (Wildman–Crippen MR) is 252 cm³/mol. The monoisotopic (exact) mass is 942 g/mol. The van der Waals surface area contributed by atoms with Gasteiger partial charge < -0.3 is 54.2 Å². The first-order valence-corrected chi connectivity index (χ1v) is 26.7. The van der Waals surface area contributed by atoms with Crippen LogP contribution in [0.2, 0.25) is 0 Å². The van der Waals surface area contributed by atoms with Crippen molar-refractivity contribution in [3.63, 3.8) is 0 Å². The van der Waals surface area contributed by atoms with Crippen LogP contribution in [0.1, 0.15) is 65.2 Å². The third-order valence-electron chi connectivity index (χ3n) is 8.84. The number of rotatable bonds is 34. The van der Waals surface area contributed by atoms with Crippen LogP contribution in [0.4, 0.5) is 0 Å². The van der Waals surface area contributed by atoms with Gasteiger partial charge in [-0.05, 0) is 117 Å². The molecular weight excluding hydrogens is 873 g/mol. The number of hydrogen-bond acceptors (Lipinski definition) is 14. The highest BCUT2D eigenvalue weighted by atomic mass is 32.2. The molecular formula is C37H70N10O8S5. The van der Waals surface area contributed by atoms with Crippen molar-refractivity contribution in [2.45, 2.75) is 108 Å². The van der Waals surface area contributed by atoms with E-state index in [-0.39, 0.29) is 56.9 Å². The molecule has 0 rings (SSSR count). The highest BCUT2D eigenvalue weighted by molar-refractivity contribution is 7.99. The molecule has 0 heterocycles. The van der Waals surface area contributed by atoms with Gasteiger partial charge in [-0.3, -0.25) is 33.8 Å². The largest absolute Gasteiger partial charge is 0.480 e. The van der Waals surface area contributed by atoms with E-state index in [0.29, 0.717) is 41.6 Å². The number of nitrogens with one attached hydrogen (secondary N) is 6. The summed E-state index contributed by atoms with van der Waals surface area (Å²) in [6.07, 6.45) is 11.2. The first-order valence-electron chi connectivity index (χ1n) is 19.8. The van der Waals surface area contributed by atoms with E-state index in [1.165, 1.54) is 47.0 Å². The van der Waals surface area contributed by atoms with Crippen molar-refractivity contribution in [1.29, 1.82) is 0 Å². The maximum atomic E-state index is 14.0. The second kappa shape index (κ2) is 33.8. The molecule has 0 aromatic heterocycles. The maximum Gasteiger partial charge on any atom is 0.326 e. The maximum absolute atomic E-state index is 14.0. The van der Waals surface area contributed by atoms with Crippen molar-refractivity contribution in [3.05, 3.63) is 0 Å². The second-order valence-electron chi connectivity index (χ2n) is 14.3. The number of nitrogens with two attached hydrogens (primary N) is 3. The van der Waals surface area contributed by atoms with E-state index in [4.69, 9.17) is 17.2 Å². The van der Waals surface area contributed by atoms with Gasteiger partial charge >= 0.3 is 5.97 Å². The lowest BCUT2D eigenvalue weighted by Gasteiger charge is -2.28. The number of carboxylic acid groups (broad SMARTS) is 1. The molecule has 0 unspecified atom stereocenters. The average Bonchev–Trinajstić information content (AvgIpc) is 3.19. The molecule has 60 heavy (non-hydrogen) atoms. The van der Waals surface area contributed by atoms with E-state index in [9.17, 15) is 38.7 Å². The van der Waals surface area contributed by atoms with Crippen LogP contribution in [0, 0.1) is 5.92 Å². The lowest BCUT2D eigenvalue weighted by atomic mass is 10.0. The minimum atomic E-state index is -1.22. The molecule has 23 heteroatoms. The molecule has 7 atom stereocenters. The van der Waals surface area contributed by atoms with Crippen LogP contribution in [0.25, 0.3) is 0 Å². The topological polar surface area (TPSA) is 302 Å². The third-order valence-corrected chi connectivity index (χ3v) is 12.1. The predicted octanol–water partition coefficient (Wildman–Crippen LogP) is 0.172. The number of carbonyl (C=O) groups is 7. The van der Waals surface area contributed by atoms with Gasteiger partial charge in [-0.1, -0.05) is 13.8 Å². The smallest absolute Gasteiger partial charge is 0.326 e. The van der Waals surface area contributed by atoms with Crippen LogP contribution in [0.3, 0.4) is 0 Å². The molecule has 0 aromatic rings. The number of guanidine groups is 1. The lowest BCUT2D eigenvalue weighted by molar-refractivity contribution is -0.143. The lowest BCUT2D eigenvalue weighted by Crippen LogP contribution is -2.60. The third kappa shape index (κ3) is 25.3. The highest BCUT2D eigenvalue weighted by Crippen LogP contribution is 2.11. The molecule has 0 aliphatic carbocycles. The number of carbonyl (C=O) groups excluding carboxylic acids is 6. The second-order valence-corrected chi connectivity index (χ2v) is 19.2. The quantitative estimate of drug-likeness (QED) is 0.0234. The number of hydrogen-bond donors (Lipinski definition) is 10. The van der Waals surface area contributed by atoms with E-state index in [0.717, 1.165) is 0 Å². The summed E-state index contributed by atoms with van der Waals surface area (Å²) >= 11 is 7.42. The first-order chi connectivity index (χ1) is 28.4. The normalized spacial score (nSPS) is 14.6. The summed E-state index contributed by atoms with van der Waals surface area (Å²) in [5.74, 6) is -2.40. The van der Waals surface area contributed by atoms with Gasteiger partial charge in [0, 0.05) is 6.54 Å². The van der Waals surface area contributed by atoms with Gasteiger partial charge in [0.2, 0.25) is 35.4 Å². The van der Waals surface area contributed by atoms with Crippen LogP contribution in [0.5, 0.6) is 0 Å². The van der Waals surface area contributed by atoms with Crippen LogP contribution < -0.4 is 49.1 Å². The van der Waals surface area contributed by atoms with E-state index >= 15 is 0 Å². The summed E-state index contributed by atoms with van der Waals surface area (Å²) in [7, 11) is 0. The first kappa shape index (κ1) is 57.3. The van der Waals surface area contributed by atoms with Gasteiger partial charge in [0.05, 0.1) is 6.04 Å². The van der Waals surface area contributed by atoms with Gasteiger partial charge in [-0.25, -0.2) is 4.79 Å². The van der Waals surface area contributed by atoms with Crippen molar-refractivity contribution >= 4 is 106 Å². The molecule has 0 saturated carbocycles. The van der Waals surface area contributed by atoms with Crippen LogP contribution in [0.15, 0.2) is 4.99 Å². The van der Waals surface area contributed by atoms with E-state index in [1.54, 1.807) is 11.8 Å².